The molecule has 0 aliphatic carbocycles. The molecule has 0 saturated heterocycles. The van der Waals surface area contributed by atoms with E-state index in [0.717, 1.165) is 11.1 Å². The number of carbonyl (C=O) groups is 1. The minimum atomic E-state index is -0.770. The zero-order chi connectivity index (χ0) is 18.2. The normalized spacial score (nSPS) is 11.6. The lowest BCUT2D eigenvalue weighted by atomic mass is 10.0. The number of aliphatic hydroxyl groups excluding tert-OH is 1. The smallest absolute Gasteiger partial charge is 0.292 e. The van der Waals surface area contributed by atoms with E-state index in [0.29, 0.717) is 5.69 Å². The molecule has 0 bridgehead atoms. The Morgan fingerprint density at radius 1 is 1.20 bits per heavy atom. The molecule has 0 aliphatic rings. The quantitative estimate of drug-likeness (QED) is 0.505. The minimum absolute atomic E-state index is 0.0297. The highest BCUT2D eigenvalue weighted by molar-refractivity contribution is 5.76. The summed E-state index contributed by atoms with van der Waals surface area (Å²) in [7, 11) is 0. The molecule has 1 unspecified atom stereocenters. The number of hydrogen-bond acceptors (Lipinski definition) is 5. The molecule has 0 aliphatic heterocycles. The van der Waals surface area contributed by atoms with Gasteiger partial charge in [-0.2, -0.15) is 0 Å². The number of nitro groups is 1. The van der Waals surface area contributed by atoms with Crippen LogP contribution in [-0.2, 0) is 4.79 Å². The summed E-state index contributed by atoms with van der Waals surface area (Å²) in [5.41, 5.74) is 2.08. The predicted octanol–water partition coefficient (Wildman–Crippen LogP) is 2.56. The van der Waals surface area contributed by atoms with Crippen molar-refractivity contribution < 1.29 is 14.8 Å². The molecule has 25 heavy (non-hydrogen) atoms. The molecule has 1 amide bonds. The van der Waals surface area contributed by atoms with Crippen LogP contribution in [-0.4, -0.2) is 29.0 Å². The lowest BCUT2D eigenvalue weighted by Crippen LogP contribution is -2.29. The molecule has 7 heteroatoms. The number of nitrogens with one attached hydrogen (secondary N) is 2. The van der Waals surface area contributed by atoms with Gasteiger partial charge in [-0.1, -0.05) is 36.4 Å². The summed E-state index contributed by atoms with van der Waals surface area (Å²) in [5.74, 6) is -0.237. The van der Waals surface area contributed by atoms with E-state index in [4.69, 9.17) is 0 Å². The van der Waals surface area contributed by atoms with Crippen LogP contribution in [0.4, 0.5) is 11.4 Å². The molecule has 0 saturated carbocycles. The minimum Gasteiger partial charge on any atom is -0.387 e. The number of aliphatic hydroxyl groups is 1. The standard InChI is InChI=1S/C18H21N3O4/c1-13-6-2-3-7-14(13)17(22)12-20-18(23)10-11-19-15-8-4-5-9-16(15)21(24)25/h2-9,17,19,22H,10-12H2,1H3,(H,20,23). The van der Waals surface area contributed by atoms with Crippen LogP contribution in [0.2, 0.25) is 0 Å². The average Bonchev–Trinajstić information content (AvgIpc) is 2.60. The van der Waals surface area contributed by atoms with Gasteiger partial charge in [-0.3, -0.25) is 14.9 Å². The fourth-order valence-corrected chi connectivity index (χ4v) is 2.46. The van der Waals surface area contributed by atoms with E-state index in [1.54, 1.807) is 18.2 Å². The third-order valence-corrected chi connectivity index (χ3v) is 3.81. The van der Waals surface area contributed by atoms with Crippen molar-refractivity contribution in [2.45, 2.75) is 19.4 Å². The fourth-order valence-electron chi connectivity index (χ4n) is 2.46. The number of rotatable bonds is 8. The summed E-state index contributed by atoms with van der Waals surface area (Å²) in [6, 6.07) is 13.7. The Kier molecular flexibility index (Phi) is 6.47. The van der Waals surface area contributed by atoms with Crippen molar-refractivity contribution in [3.63, 3.8) is 0 Å². The topological polar surface area (TPSA) is 104 Å². The Labute approximate surface area is 145 Å². The molecule has 0 aromatic heterocycles. The molecule has 132 valence electrons. The number of para-hydroxylation sites is 2. The summed E-state index contributed by atoms with van der Waals surface area (Å²) in [6.07, 6.45) is -0.625. The maximum atomic E-state index is 11.9. The van der Waals surface area contributed by atoms with Crippen molar-refractivity contribution in [3.05, 3.63) is 69.8 Å². The highest BCUT2D eigenvalue weighted by Crippen LogP contribution is 2.22. The van der Waals surface area contributed by atoms with Crippen LogP contribution in [0, 0.1) is 17.0 Å². The Morgan fingerprint density at radius 3 is 2.60 bits per heavy atom. The van der Waals surface area contributed by atoms with Gasteiger partial charge in [0.2, 0.25) is 5.91 Å². The van der Waals surface area contributed by atoms with Crippen molar-refractivity contribution in [2.75, 3.05) is 18.4 Å². The van der Waals surface area contributed by atoms with Crippen LogP contribution in [0.15, 0.2) is 48.5 Å². The van der Waals surface area contributed by atoms with Gasteiger partial charge in [0.25, 0.3) is 5.69 Å². The maximum absolute atomic E-state index is 11.9. The summed E-state index contributed by atoms with van der Waals surface area (Å²) >= 11 is 0. The van der Waals surface area contributed by atoms with E-state index in [1.807, 2.05) is 31.2 Å². The number of amides is 1. The molecule has 2 aromatic carbocycles. The van der Waals surface area contributed by atoms with E-state index in [9.17, 15) is 20.0 Å². The first-order valence-electron chi connectivity index (χ1n) is 7.96. The van der Waals surface area contributed by atoms with E-state index in [1.165, 1.54) is 6.07 Å². The zero-order valence-electron chi connectivity index (χ0n) is 13.9. The van der Waals surface area contributed by atoms with Crippen molar-refractivity contribution in [3.8, 4) is 0 Å². The molecule has 0 fully saturated rings. The molecule has 0 spiro atoms. The van der Waals surface area contributed by atoms with Crippen LogP contribution in [0.3, 0.4) is 0 Å². The average molecular weight is 343 g/mol. The number of anilines is 1. The first-order valence-corrected chi connectivity index (χ1v) is 7.96. The predicted molar refractivity (Wildman–Crippen MR) is 95.4 cm³/mol. The lowest BCUT2D eigenvalue weighted by Gasteiger charge is -2.14. The Morgan fingerprint density at radius 2 is 1.88 bits per heavy atom. The van der Waals surface area contributed by atoms with Crippen molar-refractivity contribution in [1.29, 1.82) is 0 Å². The van der Waals surface area contributed by atoms with Gasteiger partial charge in [-0.05, 0) is 24.1 Å². The van der Waals surface area contributed by atoms with Crippen LogP contribution in [0.25, 0.3) is 0 Å². The highest BCUT2D eigenvalue weighted by Gasteiger charge is 2.13. The van der Waals surface area contributed by atoms with E-state index < -0.39 is 11.0 Å². The summed E-state index contributed by atoms with van der Waals surface area (Å²) < 4.78 is 0. The lowest BCUT2D eigenvalue weighted by molar-refractivity contribution is -0.384. The second kappa shape index (κ2) is 8.79. The summed E-state index contributed by atoms with van der Waals surface area (Å²) in [4.78, 5) is 22.3. The number of nitrogens with zero attached hydrogens (tertiary/aromatic N) is 1. The first kappa shape index (κ1) is 18.4. The van der Waals surface area contributed by atoms with Gasteiger partial charge in [0.1, 0.15) is 5.69 Å². The molecule has 7 nitrogen and oxygen atoms in total. The third-order valence-electron chi connectivity index (χ3n) is 3.81. The number of hydrogen-bond donors (Lipinski definition) is 3. The molecule has 1 atom stereocenters. The largest absolute Gasteiger partial charge is 0.387 e. The molecular weight excluding hydrogens is 322 g/mol. The highest BCUT2D eigenvalue weighted by atomic mass is 16.6. The van der Waals surface area contributed by atoms with E-state index >= 15 is 0 Å². The van der Waals surface area contributed by atoms with Gasteiger partial charge in [0, 0.05) is 25.6 Å². The van der Waals surface area contributed by atoms with Crippen molar-refractivity contribution >= 4 is 17.3 Å². The SMILES string of the molecule is Cc1ccccc1C(O)CNC(=O)CCNc1ccccc1[N+](=O)[O-]. The Bertz CT molecular complexity index is 749. The monoisotopic (exact) mass is 343 g/mol. The van der Waals surface area contributed by atoms with Crippen LogP contribution >= 0.6 is 0 Å². The zero-order valence-corrected chi connectivity index (χ0v) is 13.9. The third kappa shape index (κ3) is 5.29. The molecular formula is C18H21N3O4. The number of aryl methyl sites for hydroxylation is 1. The number of nitro benzene ring substituents is 1. The van der Waals surface area contributed by atoms with Gasteiger partial charge in [0.05, 0.1) is 11.0 Å². The Balaban J connectivity index is 1.78. The van der Waals surface area contributed by atoms with Gasteiger partial charge < -0.3 is 15.7 Å². The second-order valence-electron chi connectivity index (χ2n) is 5.63. The van der Waals surface area contributed by atoms with Gasteiger partial charge in [0.15, 0.2) is 0 Å². The Hall–Kier alpha value is -2.93. The van der Waals surface area contributed by atoms with Gasteiger partial charge in [-0.15, -0.1) is 0 Å². The molecule has 2 aromatic rings. The molecule has 2 rings (SSSR count). The van der Waals surface area contributed by atoms with Crippen LogP contribution in [0.1, 0.15) is 23.7 Å². The maximum Gasteiger partial charge on any atom is 0.292 e. The molecule has 0 heterocycles. The molecule has 3 N–H and O–H groups in total. The summed E-state index contributed by atoms with van der Waals surface area (Å²) in [6.45, 7) is 2.28. The number of benzene rings is 2. The van der Waals surface area contributed by atoms with Gasteiger partial charge >= 0.3 is 0 Å². The van der Waals surface area contributed by atoms with E-state index in [2.05, 4.69) is 10.6 Å². The van der Waals surface area contributed by atoms with Crippen LogP contribution in [0.5, 0.6) is 0 Å². The van der Waals surface area contributed by atoms with Crippen molar-refractivity contribution in [2.24, 2.45) is 0 Å². The summed E-state index contributed by atoms with van der Waals surface area (Å²) in [5, 5.41) is 26.6. The van der Waals surface area contributed by atoms with Gasteiger partial charge in [-0.25, -0.2) is 0 Å². The first-order chi connectivity index (χ1) is 12.0. The second-order valence-corrected chi connectivity index (χ2v) is 5.63. The van der Waals surface area contributed by atoms with Crippen molar-refractivity contribution in [1.82, 2.24) is 5.32 Å². The fraction of sp³-hybridized carbons (Fsp3) is 0.278. The number of carbonyl (C=O) groups excluding carboxylic acids is 1. The molecule has 0 radical (unpaired) electrons. The van der Waals surface area contributed by atoms with E-state index in [-0.39, 0.29) is 31.1 Å². The van der Waals surface area contributed by atoms with Crippen LogP contribution < -0.4 is 10.6 Å².